The summed E-state index contributed by atoms with van der Waals surface area (Å²) in [4.78, 5) is 17.9. The number of hydrogen-bond acceptors (Lipinski definition) is 4. The topological polar surface area (TPSA) is 65.5 Å². The van der Waals surface area contributed by atoms with Crippen molar-refractivity contribution in [3.63, 3.8) is 0 Å². The maximum absolute atomic E-state index is 11.6. The van der Waals surface area contributed by atoms with E-state index in [9.17, 15) is 9.90 Å². The van der Waals surface area contributed by atoms with Gasteiger partial charge >= 0.3 is 0 Å². The van der Waals surface area contributed by atoms with Crippen molar-refractivity contribution in [3.05, 3.63) is 24.0 Å². The van der Waals surface area contributed by atoms with Gasteiger partial charge in [-0.1, -0.05) is 0 Å². The van der Waals surface area contributed by atoms with E-state index in [1.807, 2.05) is 13.0 Å². The first-order valence-corrected chi connectivity index (χ1v) is 6.67. The lowest BCUT2D eigenvalue weighted by atomic mass is 9.98. The van der Waals surface area contributed by atoms with Crippen molar-refractivity contribution < 1.29 is 9.90 Å². The second kappa shape index (κ2) is 5.57. The zero-order valence-corrected chi connectivity index (χ0v) is 11.5. The first-order chi connectivity index (χ1) is 9.02. The first kappa shape index (κ1) is 13.8. The molecular weight excluding hydrogens is 242 g/mol. The zero-order valence-electron chi connectivity index (χ0n) is 11.5. The smallest absolute Gasteiger partial charge is 0.269 e. The van der Waals surface area contributed by atoms with Crippen LogP contribution < -0.4 is 10.2 Å². The molecule has 104 valence electrons. The summed E-state index contributed by atoms with van der Waals surface area (Å²) in [6.45, 7) is 3.58. The van der Waals surface area contributed by atoms with Crippen LogP contribution in [0.15, 0.2) is 18.3 Å². The van der Waals surface area contributed by atoms with Crippen molar-refractivity contribution in [1.29, 1.82) is 0 Å². The number of aromatic nitrogens is 1. The minimum absolute atomic E-state index is 0.177. The van der Waals surface area contributed by atoms with E-state index in [4.69, 9.17) is 0 Å². The van der Waals surface area contributed by atoms with Crippen LogP contribution in [0.3, 0.4) is 0 Å². The molecule has 1 aromatic heterocycles. The van der Waals surface area contributed by atoms with Gasteiger partial charge in [-0.15, -0.1) is 0 Å². The number of pyridine rings is 1. The van der Waals surface area contributed by atoms with Gasteiger partial charge in [0.2, 0.25) is 0 Å². The summed E-state index contributed by atoms with van der Waals surface area (Å²) in [6, 6.07) is 3.71. The molecule has 0 aliphatic carbocycles. The Morgan fingerprint density at radius 1 is 1.47 bits per heavy atom. The summed E-state index contributed by atoms with van der Waals surface area (Å²) in [5.74, 6) is -0.177. The Kier molecular flexibility index (Phi) is 4.04. The molecule has 5 nitrogen and oxygen atoms in total. The molecule has 2 heterocycles. The third-order valence-corrected chi connectivity index (χ3v) is 3.63. The van der Waals surface area contributed by atoms with Gasteiger partial charge in [0.25, 0.3) is 5.91 Å². The fraction of sp³-hybridized carbons (Fsp3) is 0.571. The Balaban J connectivity index is 2.15. The Hall–Kier alpha value is -1.62. The monoisotopic (exact) mass is 263 g/mol. The minimum atomic E-state index is -0.578. The van der Waals surface area contributed by atoms with Gasteiger partial charge in [-0.3, -0.25) is 9.78 Å². The fourth-order valence-corrected chi connectivity index (χ4v) is 2.39. The van der Waals surface area contributed by atoms with Gasteiger partial charge in [0.05, 0.1) is 5.60 Å². The molecule has 0 aromatic carbocycles. The Morgan fingerprint density at radius 3 is 3.00 bits per heavy atom. The van der Waals surface area contributed by atoms with Crippen LogP contribution in [-0.2, 0) is 0 Å². The van der Waals surface area contributed by atoms with E-state index in [1.165, 1.54) is 0 Å². The number of amides is 1. The number of carbonyl (C=O) groups excluding carboxylic acids is 1. The van der Waals surface area contributed by atoms with Crippen molar-refractivity contribution in [1.82, 2.24) is 10.3 Å². The van der Waals surface area contributed by atoms with Crippen LogP contribution in [0.2, 0.25) is 0 Å². The molecule has 2 N–H and O–H groups in total. The normalized spacial score (nSPS) is 23.8. The minimum Gasteiger partial charge on any atom is -0.390 e. The summed E-state index contributed by atoms with van der Waals surface area (Å²) < 4.78 is 0. The lowest BCUT2D eigenvalue weighted by Crippen LogP contribution is -2.28. The fourth-order valence-electron chi connectivity index (χ4n) is 2.39. The molecule has 0 saturated carbocycles. The second-order valence-corrected chi connectivity index (χ2v) is 5.32. The molecule has 1 amide bonds. The van der Waals surface area contributed by atoms with Gasteiger partial charge < -0.3 is 15.3 Å². The lowest BCUT2D eigenvalue weighted by Gasteiger charge is -2.24. The highest BCUT2D eigenvalue weighted by Gasteiger charge is 2.25. The SMILES string of the molecule is CNC(=O)c1cc(N2CCCC(C)(O)CC2)ccn1. The quantitative estimate of drug-likeness (QED) is 0.841. The van der Waals surface area contributed by atoms with E-state index >= 15 is 0 Å². The van der Waals surface area contributed by atoms with Crippen molar-refractivity contribution >= 4 is 11.6 Å². The number of nitrogens with one attached hydrogen (secondary N) is 1. The van der Waals surface area contributed by atoms with Crippen molar-refractivity contribution in [2.75, 3.05) is 25.0 Å². The van der Waals surface area contributed by atoms with E-state index < -0.39 is 5.60 Å². The molecule has 2 rings (SSSR count). The molecule has 1 unspecified atom stereocenters. The summed E-state index contributed by atoms with van der Waals surface area (Å²) in [5, 5.41) is 12.7. The van der Waals surface area contributed by atoms with E-state index in [-0.39, 0.29) is 5.91 Å². The van der Waals surface area contributed by atoms with Gasteiger partial charge in [-0.2, -0.15) is 0 Å². The maximum Gasteiger partial charge on any atom is 0.269 e. The van der Waals surface area contributed by atoms with E-state index in [0.29, 0.717) is 5.69 Å². The molecule has 5 heteroatoms. The predicted octanol–water partition coefficient (Wildman–Crippen LogP) is 1.18. The zero-order chi connectivity index (χ0) is 13.9. The highest BCUT2D eigenvalue weighted by Crippen LogP contribution is 2.25. The number of carbonyl (C=O) groups is 1. The third-order valence-electron chi connectivity index (χ3n) is 3.63. The van der Waals surface area contributed by atoms with Gasteiger partial charge in [0.15, 0.2) is 0 Å². The summed E-state index contributed by atoms with van der Waals surface area (Å²) >= 11 is 0. The average molecular weight is 263 g/mol. The molecule has 0 radical (unpaired) electrons. The number of nitrogens with zero attached hydrogens (tertiary/aromatic N) is 2. The van der Waals surface area contributed by atoms with Crippen LogP contribution >= 0.6 is 0 Å². The average Bonchev–Trinajstić information content (AvgIpc) is 2.59. The lowest BCUT2D eigenvalue weighted by molar-refractivity contribution is 0.0481. The summed E-state index contributed by atoms with van der Waals surface area (Å²) in [7, 11) is 1.60. The standard InChI is InChI=1S/C14H21N3O2/c1-14(19)5-3-8-17(9-6-14)11-4-7-16-12(10-11)13(18)15-2/h4,7,10,19H,3,5-6,8-9H2,1-2H3,(H,15,18). The molecular formula is C14H21N3O2. The van der Waals surface area contributed by atoms with Gasteiger partial charge in [0, 0.05) is 32.0 Å². The molecule has 1 aliphatic rings. The van der Waals surface area contributed by atoms with Crippen LogP contribution in [0.5, 0.6) is 0 Å². The highest BCUT2D eigenvalue weighted by atomic mass is 16.3. The van der Waals surface area contributed by atoms with E-state index in [2.05, 4.69) is 15.2 Å². The Labute approximate surface area is 113 Å². The molecule has 1 fully saturated rings. The molecule has 1 aromatic rings. The van der Waals surface area contributed by atoms with Crippen LogP contribution in [0.25, 0.3) is 0 Å². The van der Waals surface area contributed by atoms with Crippen LogP contribution in [-0.4, -0.2) is 41.7 Å². The number of hydrogen-bond donors (Lipinski definition) is 2. The third kappa shape index (κ3) is 3.44. The largest absolute Gasteiger partial charge is 0.390 e. The molecule has 1 atom stereocenters. The van der Waals surface area contributed by atoms with Crippen molar-refractivity contribution in [2.45, 2.75) is 31.8 Å². The van der Waals surface area contributed by atoms with Crippen LogP contribution in [0.1, 0.15) is 36.7 Å². The first-order valence-electron chi connectivity index (χ1n) is 6.67. The Bertz CT molecular complexity index is 460. The van der Waals surface area contributed by atoms with Gasteiger partial charge in [-0.05, 0) is 38.3 Å². The molecule has 1 aliphatic heterocycles. The highest BCUT2D eigenvalue weighted by molar-refractivity contribution is 5.92. The molecule has 19 heavy (non-hydrogen) atoms. The maximum atomic E-state index is 11.6. The van der Waals surface area contributed by atoms with E-state index in [1.54, 1.807) is 19.3 Å². The van der Waals surface area contributed by atoms with Crippen molar-refractivity contribution in [3.8, 4) is 0 Å². The number of anilines is 1. The van der Waals surface area contributed by atoms with E-state index in [0.717, 1.165) is 38.0 Å². The van der Waals surface area contributed by atoms with Crippen molar-refractivity contribution in [2.24, 2.45) is 0 Å². The Morgan fingerprint density at radius 2 is 2.26 bits per heavy atom. The molecule has 0 bridgehead atoms. The second-order valence-electron chi connectivity index (χ2n) is 5.32. The predicted molar refractivity (Wildman–Crippen MR) is 74.3 cm³/mol. The molecule has 0 spiro atoms. The summed E-state index contributed by atoms with van der Waals surface area (Å²) in [5.41, 5.74) is 0.841. The van der Waals surface area contributed by atoms with Crippen LogP contribution in [0, 0.1) is 0 Å². The summed E-state index contributed by atoms with van der Waals surface area (Å²) in [6.07, 6.45) is 4.16. The molecule has 1 saturated heterocycles. The van der Waals surface area contributed by atoms with Crippen LogP contribution in [0.4, 0.5) is 5.69 Å². The number of aliphatic hydroxyl groups is 1. The van der Waals surface area contributed by atoms with Gasteiger partial charge in [-0.25, -0.2) is 0 Å². The van der Waals surface area contributed by atoms with Gasteiger partial charge in [0.1, 0.15) is 5.69 Å². The number of rotatable bonds is 2.